The van der Waals surface area contributed by atoms with E-state index in [1.807, 2.05) is 18.2 Å². The van der Waals surface area contributed by atoms with Crippen LogP contribution in [0.4, 0.5) is 0 Å². The van der Waals surface area contributed by atoms with E-state index < -0.39 is 11.9 Å². The van der Waals surface area contributed by atoms with Crippen LogP contribution >= 0.6 is 0 Å². The van der Waals surface area contributed by atoms with Gasteiger partial charge in [-0.3, -0.25) is 14.6 Å². The highest BCUT2D eigenvalue weighted by Crippen LogP contribution is 2.24. The second kappa shape index (κ2) is 8.81. The lowest BCUT2D eigenvalue weighted by Gasteiger charge is -2.12. The molecule has 8 nitrogen and oxygen atoms in total. The second-order valence-electron chi connectivity index (χ2n) is 6.04. The van der Waals surface area contributed by atoms with Crippen molar-refractivity contribution in [2.24, 2.45) is 0 Å². The van der Waals surface area contributed by atoms with Gasteiger partial charge >= 0.3 is 0 Å². The Morgan fingerprint density at radius 2 is 2.04 bits per heavy atom. The first-order chi connectivity index (χ1) is 13.6. The van der Waals surface area contributed by atoms with Crippen LogP contribution in [-0.2, 0) is 11.3 Å². The third-order valence-electron chi connectivity index (χ3n) is 4.01. The molecule has 2 aromatic heterocycles. The predicted molar refractivity (Wildman–Crippen MR) is 102 cm³/mol. The number of nitrogens with one attached hydrogen (secondary N) is 2. The molecule has 0 saturated carbocycles. The summed E-state index contributed by atoms with van der Waals surface area (Å²) in [4.78, 5) is 28.6. The summed E-state index contributed by atoms with van der Waals surface area (Å²) in [5.41, 5.74) is 1.54. The minimum Gasteiger partial charge on any atom is -0.497 e. The Hall–Kier alpha value is -3.68. The Balaban J connectivity index is 1.58. The summed E-state index contributed by atoms with van der Waals surface area (Å²) in [6.45, 7) is 1.87. The number of rotatable bonds is 7. The molecule has 8 heteroatoms. The van der Waals surface area contributed by atoms with Crippen molar-refractivity contribution in [3.63, 3.8) is 0 Å². The van der Waals surface area contributed by atoms with Crippen LogP contribution in [0.1, 0.15) is 23.1 Å². The molecule has 0 aliphatic heterocycles. The first-order valence-electron chi connectivity index (χ1n) is 8.66. The van der Waals surface area contributed by atoms with Crippen LogP contribution in [0.2, 0.25) is 0 Å². The molecule has 0 unspecified atom stereocenters. The first-order valence-corrected chi connectivity index (χ1v) is 8.66. The average Bonchev–Trinajstić information content (AvgIpc) is 3.23. The molecule has 0 radical (unpaired) electrons. The number of nitrogens with zero attached hydrogens (tertiary/aromatic N) is 2. The molecule has 0 fully saturated rings. The number of hydrogen-bond acceptors (Lipinski definition) is 6. The van der Waals surface area contributed by atoms with Crippen LogP contribution in [-0.4, -0.2) is 35.1 Å². The number of methoxy groups -OCH3 is 1. The molecule has 28 heavy (non-hydrogen) atoms. The van der Waals surface area contributed by atoms with Gasteiger partial charge in [0.25, 0.3) is 5.91 Å². The van der Waals surface area contributed by atoms with Gasteiger partial charge in [0.05, 0.1) is 19.3 Å². The minimum absolute atomic E-state index is 0.0854. The molecule has 2 N–H and O–H groups in total. The SMILES string of the molecule is COc1cccc(-c2cc(C(=O)N[C@H](C)C(=O)NCc3ccccn3)no2)c1. The third kappa shape index (κ3) is 4.73. The van der Waals surface area contributed by atoms with Crippen LogP contribution in [0, 0.1) is 0 Å². The maximum Gasteiger partial charge on any atom is 0.274 e. The van der Waals surface area contributed by atoms with Crippen molar-refractivity contribution in [2.75, 3.05) is 7.11 Å². The van der Waals surface area contributed by atoms with Gasteiger partial charge in [-0.25, -0.2) is 0 Å². The number of ether oxygens (including phenoxy) is 1. The normalized spacial score (nSPS) is 11.5. The molecule has 0 saturated heterocycles. The first kappa shape index (κ1) is 19.1. The molecule has 0 spiro atoms. The van der Waals surface area contributed by atoms with Crippen molar-refractivity contribution in [1.29, 1.82) is 0 Å². The number of hydrogen-bond donors (Lipinski definition) is 2. The molecule has 2 amide bonds. The Morgan fingerprint density at radius 3 is 2.79 bits per heavy atom. The van der Waals surface area contributed by atoms with Crippen LogP contribution in [0.3, 0.4) is 0 Å². The molecule has 2 heterocycles. The molecular formula is C20H20N4O4. The highest BCUT2D eigenvalue weighted by Gasteiger charge is 2.20. The molecule has 1 atom stereocenters. The molecule has 3 aromatic rings. The molecule has 1 aromatic carbocycles. The number of amides is 2. The van der Waals surface area contributed by atoms with Crippen molar-refractivity contribution in [1.82, 2.24) is 20.8 Å². The maximum absolute atomic E-state index is 12.4. The Kier molecular flexibility index (Phi) is 6.01. The lowest BCUT2D eigenvalue weighted by Crippen LogP contribution is -2.44. The van der Waals surface area contributed by atoms with E-state index in [9.17, 15) is 9.59 Å². The second-order valence-corrected chi connectivity index (χ2v) is 6.04. The van der Waals surface area contributed by atoms with Gasteiger partial charge in [0, 0.05) is 17.8 Å². The zero-order valence-corrected chi connectivity index (χ0v) is 15.5. The van der Waals surface area contributed by atoms with Gasteiger partial charge in [-0.1, -0.05) is 23.4 Å². The van der Waals surface area contributed by atoms with E-state index in [2.05, 4.69) is 20.8 Å². The standard InChI is InChI=1S/C20H20N4O4/c1-13(19(25)22-12-15-7-3-4-9-21-15)23-20(26)17-11-18(28-24-17)14-6-5-8-16(10-14)27-2/h3-11,13H,12H2,1-2H3,(H,22,25)(H,23,26)/t13-/m1/s1. The van der Waals surface area contributed by atoms with E-state index in [1.54, 1.807) is 44.5 Å². The van der Waals surface area contributed by atoms with E-state index in [1.165, 1.54) is 6.07 Å². The Labute approximate surface area is 161 Å². The van der Waals surface area contributed by atoms with Gasteiger partial charge in [-0.15, -0.1) is 0 Å². The van der Waals surface area contributed by atoms with Crippen molar-refractivity contribution in [2.45, 2.75) is 19.5 Å². The van der Waals surface area contributed by atoms with Crippen LogP contribution in [0.15, 0.2) is 59.3 Å². The highest BCUT2D eigenvalue weighted by atomic mass is 16.5. The monoisotopic (exact) mass is 380 g/mol. The number of pyridine rings is 1. The summed E-state index contributed by atoms with van der Waals surface area (Å²) in [6, 6.07) is 13.4. The summed E-state index contributed by atoms with van der Waals surface area (Å²) in [7, 11) is 1.57. The molecule has 0 aliphatic rings. The van der Waals surface area contributed by atoms with Gasteiger partial charge in [-0.2, -0.15) is 0 Å². The van der Waals surface area contributed by atoms with E-state index in [0.717, 1.165) is 11.3 Å². The van der Waals surface area contributed by atoms with Crippen molar-refractivity contribution in [3.8, 4) is 17.1 Å². The third-order valence-corrected chi connectivity index (χ3v) is 4.01. The fourth-order valence-electron chi connectivity index (χ4n) is 2.46. The molecule has 0 bridgehead atoms. The molecule has 144 valence electrons. The maximum atomic E-state index is 12.4. The zero-order valence-electron chi connectivity index (χ0n) is 15.5. The van der Waals surface area contributed by atoms with Crippen LogP contribution in [0.25, 0.3) is 11.3 Å². The summed E-state index contributed by atoms with van der Waals surface area (Å²) in [5.74, 6) is 0.267. The largest absolute Gasteiger partial charge is 0.497 e. The number of benzene rings is 1. The summed E-state index contributed by atoms with van der Waals surface area (Å²) >= 11 is 0. The van der Waals surface area contributed by atoms with E-state index in [-0.39, 0.29) is 18.1 Å². The zero-order chi connectivity index (χ0) is 19.9. The van der Waals surface area contributed by atoms with Crippen LogP contribution < -0.4 is 15.4 Å². The minimum atomic E-state index is -0.742. The topological polar surface area (TPSA) is 106 Å². The average molecular weight is 380 g/mol. The lowest BCUT2D eigenvalue weighted by atomic mass is 10.1. The molecular weight excluding hydrogens is 360 g/mol. The predicted octanol–water partition coefficient (Wildman–Crippen LogP) is 2.18. The van der Waals surface area contributed by atoms with Gasteiger partial charge in [-0.05, 0) is 31.2 Å². The Bertz CT molecular complexity index is 956. The smallest absolute Gasteiger partial charge is 0.274 e. The summed E-state index contributed by atoms with van der Waals surface area (Å²) in [5, 5.41) is 9.11. The van der Waals surface area contributed by atoms with Crippen LogP contribution in [0.5, 0.6) is 5.75 Å². The van der Waals surface area contributed by atoms with E-state index in [0.29, 0.717) is 11.5 Å². The fraction of sp³-hybridized carbons (Fsp3) is 0.200. The van der Waals surface area contributed by atoms with Gasteiger partial charge in [0.1, 0.15) is 11.8 Å². The summed E-state index contributed by atoms with van der Waals surface area (Å²) in [6.07, 6.45) is 1.65. The fourth-order valence-corrected chi connectivity index (χ4v) is 2.46. The van der Waals surface area contributed by atoms with Crippen molar-refractivity contribution >= 4 is 11.8 Å². The Morgan fingerprint density at radius 1 is 1.18 bits per heavy atom. The van der Waals surface area contributed by atoms with E-state index in [4.69, 9.17) is 9.26 Å². The number of aromatic nitrogens is 2. The molecule has 3 rings (SSSR count). The lowest BCUT2D eigenvalue weighted by molar-refractivity contribution is -0.122. The number of carbonyl (C=O) groups is 2. The van der Waals surface area contributed by atoms with Crippen molar-refractivity contribution < 1.29 is 18.8 Å². The van der Waals surface area contributed by atoms with E-state index >= 15 is 0 Å². The quantitative estimate of drug-likeness (QED) is 0.651. The molecule has 0 aliphatic carbocycles. The highest BCUT2D eigenvalue weighted by molar-refractivity contribution is 5.96. The summed E-state index contributed by atoms with van der Waals surface area (Å²) < 4.78 is 10.4. The number of carbonyl (C=O) groups excluding carboxylic acids is 2. The van der Waals surface area contributed by atoms with Gasteiger partial charge in [0.2, 0.25) is 5.91 Å². The van der Waals surface area contributed by atoms with Crippen molar-refractivity contribution in [3.05, 3.63) is 66.1 Å². The van der Waals surface area contributed by atoms with Gasteiger partial charge < -0.3 is 19.9 Å². The van der Waals surface area contributed by atoms with Gasteiger partial charge in [0.15, 0.2) is 11.5 Å².